The molecule has 0 N–H and O–H groups in total. The number of aromatic nitrogens is 2. The molecule has 4 aromatic heterocycles. The predicted octanol–water partition coefficient (Wildman–Crippen LogP) is 17.0. The predicted molar refractivity (Wildman–Crippen MR) is 270 cm³/mol. The Labute approximate surface area is 373 Å². The second kappa shape index (κ2) is 12.8. The summed E-state index contributed by atoms with van der Waals surface area (Å²) >= 11 is 1.89. The van der Waals surface area contributed by atoms with Gasteiger partial charge in [0.25, 0.3) is 0 Å². The van der Waals surface area contributed by atoms with Crippen molar-refractivity contribution in [2.24, 2.45) is 0 Å². The number of para-hydroxylation sites is 3. The molecule has 13 aromatic rings. The molecule has 0 aliphatic heterocycles. The van der Waals surface area contributed by atoms with E-state index in [1.807, 2.05) is 17.4 Å². The molecule has 9 aromatic carbocycles. The molecule has 1 saturated carbocycles. The molecule has 2 aliphatic carbocycles. The molecular weight excluding hydrogens is 797 g/mol. The molecule has 4 heterocycles. The van der Waals surface area contributed by atoms with Gasteiger partial charge in [-0.15, -0.1) is 11.3 Å². The normalized spacial score (nSPS) is 14.7. The third kappa shape index (κ3) is 4.70. The molecule has 302 valence electrons. The van der Waals surface area contributed by atoms with Gasteiger partial charge in [0.2, 0.25) is 0 Å². The molecule has 0 saturated heterocycles. The number of rotatable bonds is 3. The molecule has 0 atom stereocenters. The van der Waals surface area contributed by atoms with Crippen molar-refractivity contribution in [3.63, 3.8) is 0 Å². The van der Waals surface area contributed by atoms with Crippen molar-refractivity contribution in [1.82, 2.24) is 9.13 Å². The van der Waals surface area contributed by atoms with Crippen molar-refractivity contribution in [2.45, 2.75) is 37.5 Å². The Balaban J connectivity index is 0.917. The second-order valence-electron chi connectivity index (χ2n) is 18.3. The zero-order valence-corrected chi connectivity index (χ0v) is 35.9. The van der Waals surface area contributed by atoms with Gasteiger partial charge in [-0.3, -0.25) is 0 Å². The standard InChI is InChI=1S/C60H40N2OS/c1-10-28-60(29-11-1)50-30-36(37-21-25-43-41-12-2-6-16-52(41)61(54(43)31-37)38-23-27-57-49(32-38)44-14-4-8-18-56(44)63-57)20-24-40(50)47-35-55-48(34-51(47)60)42-13-3-7-17-53(42)62(55)39-22-26-46-45-15-5-9-19-58(45)64-59(46)33-39/h2-9,12-27,30-35H,1,10-11,28-29H2. The number of fused-ring (bicyclic) bond motifs is 17. The van der Waals surface area contributed by atoms with E-state index in [0.717, 1.165) is 27.6 Å². The van der Waals surface area contributed by atoms with Crippen molar-refractivity contribution in [3.05, 3.63) is 193 Å². The Morgan fingerprint density at radius 2 is 0.969 bits per heavy atom. The molecule has 0 amide bonds. The first-order chi connectivity index (χ1) is 31.7. The maximum Gasteiger partial charge on any atom is 0.135 e. The van der Waals surface area contributed by atoms with Crippen LogP contribution < -0.4 is 0 Å². The van der Waals surface area contributed by atoms with Crippen LogP contribution in [0.2, 0.25) is 0 Å². The van der Waals surface area contributed by atoms with Crippen LogP contribution in [0.3, 0.4) is 0 Å². The number of benzene rings is 9. The van der Waals surface area contributed by atoms with E-state index in [9.17, 15) is 0 Å². The van der Waals surface area contributed by atoms with Crippen LogP contribution >= 0.6 is 11.3 Å². The fourth-order valence-corrected chi connectivity index (χ4v) is 13.4. The van der Waals surface area contributed by atoms with Crippen molar-refractivity contribution in [3.8, 4) is 33.6 Å². The van der Waals surface area contributed by atoms with Gasteiger partial charge in [-0.05, 0) is 125 Å². The van der Waals surface area contributed by atoms with Gasteiger partial charge in [-0.1, -0.05) is 122 Å². The van der Waals surface area contributed by atoms with E-state index in [-0.39, 0.29) is 5.41 Å². The van der Waals surface area contributed by atoms with E-state index in [0.29, 0.717) is 0 Å². The Hall–Kier alpha value is -7.40. The van der Waals surface area contributed by atoms with Gasteiger partial charge in [0, 0.05) is 69.3 Å². The minimum absolute atomic E-state index is 0.00587. The lowest BCUT2D eigenvalue weighted by molar-refractivity contribution is 0.353. The number of furan rings is 1. The van der Waals surface area contributed by atoms with Gasteiger partial charge >= 0.3 is 0 Å². The Kier molecular flexibility index (Phi) is 7.04. The lowest BCUT2D eigenvalue weighted by atomic mass is 9.67. The van der Waals surface area contributed by atoms with E-state index in [2.05, 4.69) is 185 Å². The lowest BCUT2D eigenvalue weighted by Gasteiger charge is -2.36. The molecule has 3 nitrogen and oxygen atoms in total. The quantitative estimate of drug-likeness (QED) is 0.174. The van der Waals surface area contributed by atoms with E-state index >= 15 is 0 Å². The fraction of sp³-hybridized carbons (Fsp3) is 0.100. The fourth-order valence-electron chi connectivity index (χ4n) is 12.2. The molecule has 0 unspecified atom stereocenters. The lowest BCUT2D eigenvalue weighted by Crippen LogP contribution is -2.28. The summed E-state index contributed by atoms with van der Waals surface area (Å²) in [5.41, 5.74) is 17.5. The van der Waals surface area contributed by atoms with Gasteiger partial charge < -0.3 is 13.6 Å². The second-order valence-corrected chi connectivity index (χ2v) is 19.4. The van der Waals surface area contributed by atoms with E-state index < -0.39 is 0 Å². The highest BCUT2D eigenvalue weighted by molar-refractivity contribution is 7.25. The van der Waals surface area contributed by atoms with Gasteiger partial charge in [-0.2, -0.15) is 0 Å². The minimum atomic E-state index is -0.00587. The van der Waals surface area contributed by atoms with Crippen LogP contribution in [0.15, 0.2) is 186 Å². The van der Waals surface area contributed by atoms with Gasteiger partial charge in [0.1, 0.15) is 11.2 Å². The van der Waals surface area contributed by atoms with E-state index in [1.54, 1.807) is 0 Å². The highest BCUT2D eigenvalue weighted by atomic mass is 32.1. The first-order valence-electron chi connectivity index (χ1n) is 22.8. The summed E-state index contributed by atoms with van der Waals surface area (Å²) in [6, 6.07) is 68.5. The Morgan fingerprint density at radius 1 is 0.375 bits per heavy atom. The van der Waals surface area contributed by atoms with E-state index in [1.165, 1.54) is 135 Å². The molecule has 2 aliphatic rings. The van der Waals surface area contributed by atoms with Crippen LogP contribution in [0, 0.1) is 0 Å². The van der Waals surface area contributed by atoms with Crippen LogP contribution in [-0.2, 0) is 5.41 Å². The largest absolute Gasteiger partial charge is 0.456 e. The number of thiophene rings is 1. The van der Waals surface area contributed by atoms with E-state index in [4.69, 9.17) is 4.42 Å². The molecular formula is C60H40N2OS. The van der Waals surface area contributed by atoms with Crippen molar-refractivity contribution >= 4 is 97.1 Å². The summed E-state index contributed by atoms with van der Waals surface area (Å²) in [6.07, 6.45) is 6.17. The third-order valence-electron chi connectivity index (χ3n) is 15.1. The molecule has 0 radical (unpaired) electrons. The molecule has 1 spiro atoms. The van der Waals surface area contributed by atoms with Crippen molar-refractivity contribution < 1.29 is 4.42 Å². The Morgan fingerprint density at radius 3 is 1.81 bits per heavy atom. The van der Waals surface area contributed by atoms with Gasteiger partial charge in [0.15, 0.2) is 0 Å². The summed E-state index contributed by atoms with van der Waals surface area (Å²) in [6.45, 7) is 0. The summed E-state index contributed by atoms with van der Waals surface area (Å²) in [4.78, 5) is 0. The molecule has 15 rings (SSSR count). The summed E-state index contributed by atoms with van der Waals surface area (Å²) in [7, 11) is 0. The average Bonchev–Trinajstić information content (AvgIpc) is 4.14. The van der Waals surface area contributed by atoms with Crippen LogP contribution in [0.25, 0.3) is 119 Å². The number of nitrogens with zero attached hydrogens (tertiary/aromatic N) is 2. The topological polar surface area (TPSA) is 23.0 Å². The maximum absolute atomic E-state index is 6.26. The first-order valence-corrected chi connectivity index (χ1v) is 23.6. The zero-order chi connectivity index (χ0) is 41.7. The first kappa shape index (κ1) is 35.1. The molecule has 4 heteroatoms. The molecule has 64 heavy (non-hydrogen) atoms. The minimum Gasteiger partial charge on any atom is -0.456 e. The molecule has 0 bridgehead atoms. The third-order valence-corrected chi connectivity index (χ3v) is 16.2. The summed E-state index contributed by atoms with van der Waals surface area (Å²) < 4.78 is 13.9. The highest BCUT2D eigenvalue weighted by Crippen LogP contribution is 2.58. The zero-order valence-electron chi connectivity index (χ0n) is 35.1. The van der Waals surface area contributed by atoms with Crippen LogP contribution in [0.5, 0.6) is 0 Å². The molecule has 1 fully saturated rings. The maximum atomic E-state index is 6.26. The average molecular weight is 837 g/mol. The monoisotopic (exact) mass is 836 g/mol. The summed E-state index contributed by atoms with van der Waals surface area (Å²) in [5.74, 6) is 0. The van der Waals surface area contributed by atoms with Gasteiger partial charge in [0.05, 0.1) is 22.1 Å². The summed E-state index contributed by atoms with van der Waals surface area (Å²) in [5, 5.41) is 10.2. The van der Waals surface area contributed by atoms with Crippen LogP contribution in [0.4, 0.5) is 0 Å². The van der Waals surface area contributed by atoms with Crippen molar-refractivity contribution in [1.29, 1.82) is 0 Å². The van der Waals surface area contributed by atoms with Crippen LogP contribution in [0.1, 0.15) is 43.2 Å². The Bertz CT molecular complexity index is 4130. The number of hydrogen-bond donors (Lipinski definition) is 0. The number of hydrogen-bond acceptors (Lipinski definition) is 2. The van der Waals surface area contributed by atoms with Crippen LogP contribution in [-0.4, -0.2) is 9.13 Å². The highest BCUT2D eigenvalue weighted by Gasteiger charge is 2.44. The SMILES string of the molecule is c1ccc2c(c1)oc1ccc(-n3c4ccccc4c4ccc(-c5ccc6c(c5)C5(CCCCC5)c5cc7c8ccccc8n(-c8ccc9c(c8)sc8ccccc89)c7cc5-6)cc43)cc12. The van der Waals surface area contributed by atoms with Gasteiger partial charge in [-0.25, -0.2) is 0 Å². The smallest absolute Gasteiger partial charge is 0.135 e. The van der Waals surface area contributed by atoms with Crippen molar-refractivity contribution in [2.75, 3.05) is 0 Å².